The Balaban J connectivity index is 0.000000181. The molecule has 164 valence electrons. The first-order valence-electron chi connectivity index (χ1n) is 10.2. The van der Waals surface area contributed by atoms with Gasteiger partial charge in [-0.15, -0.1) is 0 Å². The molecule has 1 aliphatic heterocycles. The number of hydrogen-bond donors (Lipinski definition) is 0. The van der Waals surface area contributed by atoms with Crippen LogP contribution in [-0.4, -0.2) is 17.6 Å². The third kappa shape index (κ3) is 6.62. The molecule has 0 spiro atoms. The highest BCUT2D eigenvalue weighted by Gasteiger charge is 2.22. The fourth-order valence-electron chi connectivity index (χ4n) is 2.95. The topological polar surface area (TPSA) is 78.1 Å². The van der Waals surface area contributed by atoms with E-state index in [-0.39, 0.29) is 17.0 Å². The van der Waals surface area contributed by atoms with Gasteiger partial charge in [0.1, 0.15) is 12.4 Å². The number of aliphatic imine (C=N–C) groups is 1. The van der Waals surface area contributed by atoms with E-state index in [0.717, 1.165) is 11.1 Å². The number of nitrogens with zero attached hydrogens (tertiary/aromatic N) is 1. The molecule has 32 heavy (non-hydrogen) atoms. The smallest absolute Gasteiger partial charge is 0.227 e. The van der Waals surface area contributed by atoms with Crippen LogP contribution in [-0.2, 0) is 22.7 Å². The van der Waals surface area contributed by atoms with Gasteiger partial charge in [-0.05, 0) is 25.0 Å². The Morgan fingerprint density at radius 3 is 2.09 bits per heavy atom. The van der Waals surface area contributed by atoms with Crippen LogP contribution in [0, 0.1) is 6.92 Å². The fraction of sp³-hybridized carbons (Fsp3) is 0.192. The molecule has 0 aliphatic carbocycles. The fourth-order valence-corrected chi connectivity index (χ4v) is 2.95. The monoisotopic (exact) mass is 431 g/mol. The second kappa shape index (κ2) is 11.6. The van der Waals surface area contributed by atoms with Gasteiger partial charge in [-0.25, -0.2) is 0 Å². The Morgan fingerprint density at radius 2 is 1.50 bits per heavy atom. The van der Waals surface area contributed by atoms with E-state index in [2.05, 4.69) is 4.99 Å². The Kier molecular flexibility index (Phi) is 8.29. The third-order valence-electron chi connectivity index (χ3n) is 4.65. The summed E-state index contributed by atoms with van der Waals surface area (Å²) in [4.78, 5) is 27.1. The normalized spacial score (nSPS) is 14.9. The van der Waals surface area contributed by atoms with Crippen LogP contribution < -0.4 is 10.2 Å². The number of benzene rings is 2. The maximum atomic E-state index is 11.5. The van der Waals surface area contributed by atoms with Gasteiger partial charge in [0.05, 0.1) is 18.6 Å². The molecule has 1 aliphatic rings. The summed E-state index contributed by atoms with van der Waals surface area (Å²) in [5, 5.41) is 0. The molecule has 2 aromatic carbocycles. The molecule has 0 saturated carbocycles. The van der Waals surface area contributed by atoms with Crippen molar-refractivity contribution in [1.29, 1.82) is 0 Å². The Bertz CT molecular complexity index is 1130. The van der Waals surface area contributed by atoms with E-state index in [9.17, 15) is 9.59 Å². The first kappa shape index (κ1) is 22.9. The summed E-state index contributed by atoms with van der Waals surface area (Å²) in [6.45, 7) is 4.31. The first-order chi connectivity index (χ1) is 15.5. The van der Waals surface area contributed by atoms with Crippen molar-refractivity contribution in [2.24, 2.45) is 4.99 Å². The SMILES string of the molecule is CC1=NC=CC(=O)C1OCc1ccccc1.Cc1occc(=O)c1OCc1ccccc1. The standard InChI is InChI=1S/C13H13NO2.C13H12O3/c1-10-13(12(15)7-8-14-10)16-9-11-5-3-2-4-6-11;1-10-13(12(14)7-8-15-10)16-9-11-5-3-2-4-6-11/h2-8,13H,9H2,1H3;2-8H,9H2,1H3. The summed E-state index contributed by atoms with van der Waals surface area (Å²) in [7, 11) is 0. The lowest BCUT2D eigenvalue weighted by Gasteiger charge is -2.16. The van der Waals surface area contributed by atoms with Gasteiger partial charge in [-0.1, -0.05) is 60.7 Å². The summed E-state index contributed by atoms with van der Waals surface area (Å²) in [6, 6.07) is 20.8. The number of carbonyl (C=O) groups excluding carboxylic acids is 1. The van der Waals surface area contributed by atoms with E-state index in [1.807, 2.05) is 60.7 Å². The van der Waals surface area contributed by atoms with Gasteiger partial charge in [0.2, 0.25) is 11.2 Å². The van der Waals surface area contributed by atoms with Crippen molar-refractivity contribution in [2.75, 3.05) is 0 Å². The predicted octanol–water partition coefficient (Wildman–Crippen LogP) is 4.66. The summed E-state index contributed by atoms with van der Waals surface area (Å²) < 4.78 is 16.1. The Morgan fingerprint density at radius 1 is 0.875 bits per heavy atom. The van der Waals surface area contributed by atoms with Crippen LogP contribution in [0.5, 0.6) is 5.75 Å². The van der Waals surface area contributed by atoms with Gasteiger partial charge in [0.15, 0.2) is 11.9 Å². The van der Waals surface area contributed by atoms with E-state index >= 15 is 0 Å². The van der Waals surface area contributed by atoms with Gasteiger partial charge in [0, 0.05) is 18.3 Å². The van der Waals surface area contributed by atoms with Crippen molar-refractivity contribution in [3.05, 3.63) is 112 Å². The molecule has 1 atom stereocenters. The third-order valence-corrected chi connectivity index (χ3v) is 4.65. The van der Waals surface area contributed by atoms with Crippen molar-refractivity contribution >= 4 is 11.5 Å². The number of rotatable bonds is 6. The zero-order valence-electron chi connectivity index (χ0n) is 18.1. The van der Waals surface area contributed by atoms with E-state index in [0.29, 0.717) is 24.7 Å². The first-order valence-corrected chi connectivity index (χ1v) is 10.2. The summed E-state index contributed by atoms with van der Waals surface area (Å²) in [5.41, 5.74) is 2.63. The molecule has 0 radical (unpaired) electrons. The van der Waals surface area contributed by atoms with Crippen molar-refractivity contribution in [2.45, 2.75) is 33.2 Å². The van der Waals surface area contributed by atoms with Crippen LogP contribution in [0.3, 0.4) is 0 Å². The van der Waals surface area contributed by atoms with Crippen molar-refractivity contribution in [1.82, 2.24) is 0 Å². The van der Waals surface area contributed by atoms with E-state index in [1.165, 1.54) is 24.6 Å². The van der Waals surface area contributed by atoms with Crippen LogP contribution in [0.15, 0.2) is 99.5 Å². The summed E-state index contributed by atoms with van der Waals surface area (Å²) in [5.74, 6) is 0.748. The van der Waals surface area contributed by atoms with Crippen LogP contribution in [0.25, 0.3) is 0 Å². The van der Waals surface area contributed by atoms with Crippen molar-refractivity contribution in [3.8, 4) is 5.75 Å². The van der Waals surface area contributed by atoms with Crippen LogP contribution >= 0.6 is 0 Å². The molecule has 3 aromatic rings. The quantitative estimate of drug-likeness (QED) is 0.567. The van der Waals surface area contributed by atoms with Crippen LogP contribution in [0.2, 0.25) is 0 Å². The molecule has 0 amide bonds. The van der Waals surface area contributed by atoms with E-state index in [1.54, 1.807) is 13.8 Å². The van der Waals surface area contributed by atoms with Gasteiger partial charge >= 0.3 is 0 Å². The minimum Gasteiger partial charge on any atom is -0.482 e. The molecular formula is C26H25NO5. The number of ether oxygens (including phenoxy) is 2. The molecule has 0 saturated heterocycles. The molecule has 1 aromatic heterocycles. The lowest BCUT2D eigenvalue weighted by atomic mass is 10.1. The summed E-state index contributed by atoms with van der Waals surface area (Å²) in [6.07, 6.45) is 3.81. The van der Waals surface area contributed by atoms with E-state index in [4.69, 9.17) is 13.9 Å². The number of aryl methyl sites for hydroxylation is 1. The molecule has 6 heteroatoms. The highest BCUT2D eigenvalue weighted by molar-refractivity contribution is 6.13. The van der Waals surface area contributed by atoms with E-state index < -0.39 is 6.10 Å². The van der Waals surface area contributed by atoms with Gasteiger partial charge in [-0.3, -0.25) is 14.6 Å². The molecule has 0 fully saturated rings. The van der Waals surface area contributed by atoms with Gasteiger partial charge < -0.3 is 13.9 Å². The van der Waals surface area contributed by atoms with Crippen molar-refractivity contribution < 1.29 is 18.7 Å². The molecule has 6 nitrogen and oxygen atoms in total. The maximum absolute atomic E-state index is 11.5. The lowest BCUT2D eigenvalue weighted by molar-refractivity contribution is -0.122. The number of carbonyl (C=O) groups is 1. The predicted molar refractivity (Wildman–Crippen MR) is 123 cm³/mol. The number of ketones is 1. The zero-order chi connectivity index (χ0) is 22.8. The highest BCUT2D eigenvalue weighted by atomic mass is 16.5. The molecule has 1 unspecified atom stereocenters. The van der Waals surface area contributed by atoms with Gasteiger partial charge in [0.25, 0.3) is 0 Å². The number of hydrogen-bond acceptors (Lipinski definition) is 6. The van der Waals surface area contributed by atoms with Crippen LogP contribution in [0.4, 0.5) is 0 Å². The Labute approximate surface area is 186 Å². The minimum atomic E-state index is -0.523. The molecule has 2 heterocycles. The average Bonchev–Trinajstić information content (AvgIpc) is 2.80. The van der Waals surface area contributed by atoms with Gasteiger partial charge in [-0.2, -0.15) is 0 Å². The largest absolute Gasteiger partial charge is 0.482 e. The molecule has 0 bridgehead atoms. The zero-order valence-corrected chi connectivity index (χ0v) is 18.1. The molecule has 0 N–H and O–H groups in total. The Hall–Kier alpha value is -3.77. The average molecular weight is 431 g/mol. The maximum Gasteiger partial charge on any atom is 0.227 e. The van der Waals surface area contributed by atoms with Crippen LogP contribution in [0.1, 0.15) is 23.8 Å². The lowest BCUT2D eigenvalue weighted by Crippen LogP contribution is -2.31. The second-order valence-electron chi connectivity index (χ2n) is 7.11. The molecule has 4 rings (SSSR count). The summed E-state index contributed by atoms with van der Waals surface area (Å²) >= 11 is 0. The molecular weight excluding hydrogens is 406 g/mol. The minimum absolute atomic E-state index is 0.0385. The van der Waals surface area contributed by atoms with Crippen molar-refractivity contribution in [3.63, 3.8) is 0 Å². The highest BCUT2D eigenvalue weighted by Crippen LogP contribution is 2.13. The second-order valence-corrected chi connectivity index (χ2v) is 7.11.